The van der Waals surface area contributed by atoms with Crippen LogP contribution in [0.15, 0.2) is 41.0 Å². The number of amides is 2. The molecule has 0 aliphatic heterocycles. The summed E-state index contributed by atoms with van der Waals surface area (Å²) in [6.45, 7) is 1.05. The van der Waals surface area contributed by atoms with Crippen molar-refractivity contribution in [3.8, 4) is 0 Å². The summed E-state index contributed by atoms with van der Waals surface area (Å²) in [5, 5.41) is 5.16. The van der Waals surface area contributed by atoms with Gasteiger partial charge >= 0.3 is 5.97 Å². The van der Waals surface area contributed by atoms with Gasteiger partial charge < -0.3 is 19.8 Å². The Labute approximate surface area is 150 Å². The Balaban J connectivity index is 1.44. The number of rotatable bonds is 6. The minimum Gasteiger partial charge on any atom is -0.459 e. The zero-order chi connectivity index (χ0) is 18.5. The van der Waals surface area contributed by atoms with Crippen molar-refractivity contribution in [2.75, 3.05) is 11.9 Å². The van der Waals surface area contributed by atoms with E-state index in [1.54, 1.807) is 6.07 Å². The first-order valence-corrected chi connectivity index (χ1v) is 8.45. The largest absolute Gasteiger partial charge is 0.459 e. The van der Waals surface area contributed by atoms with Crippen LogP contribution < -0.4 is 10.6 Å². The van der Waals surface area contributed by atoms with Gasteiger partial charge in [0.05, 0.1) is 6.26 Å². The highest BCUT2D eigenvalue weighted by Gasteiger charge is 2.20. The normalized spacial score (nSPS) is 13.6. The smallest absolute Gasteiger partial charge is 0.328 e. The number of nitrogens with one attached hydrogen (secondary N) is 2. The standard InChI is InChI=1S/C19H20N2O5/c1-12(20-18(23)16-6-3-9-25-16)19(24)26-11-17(22)21-15-8-7-13-4-2-5-14(13)10-15/h3,6-10,12H,2,4-5,11H2,1H3,(H,20,23)(H,21,22)/t12-/m0/s1. The first-order chi connectivity index (χ1) is 12.5. The summed E-state index contributed by atoms with van der Waals surface area (Å²) in [6, 6.07) is 7.96. The van der Waals surface area contributed by atoms with Crippen molar-refractivity contribution in [2.24, 2.45) is 0 Å². The summed E-state index contributed by atoms with van der Waals surface area (Å²) in [6.07, 6.45) is 4.58. The molecule has 2 N–H and O–H groups in total. The molecule has 1 aromatic heterocycles. The number of hydrogen-bond donors (Lipinski definition) is 2. The van der Waals surface area contributed by atoms with Gasteiger partial charge in [-0.05, 0) is 61.6 Å². The highest BCUT2D eigenvalue weighted by molar-refractivity contribution is 5.95. The summed E-state index contributed by atoms with van der Waals surface area (Å²) in [4.78, 5) is 35.7. The molecule has 0 fully saturated rings. The Morgan fingerprint density at radius 2 is 2.00 bits per heavy atom. The van der Waals surface area contributed by atoms with Gasteiger partial charge in [0.15, 0.2) is 12.4 Å². The summed E-state index contributed by atoms with van der Waals surface area (Å²) in [7, 11) is 0. The van der Waals surface area contributed by atoms with Crippen LogP contribution in [0.3, 0.4) is 0 Å². The lowest BCUT2D eigenvalue weighted by molar-refractivity contribution is -0.148. The van der Waals surface area contributed by atoms with Crippen LogP contribution in [0.4, 0.5) is 5.69 Å². The second-order valence-electron chi connectivity index (χ2n) is 6.17. The molecular formula is C19H20N2O5. The SMILES string of the molecule is C[C@H](NC(=O)c1ccco1)C(=O)OCC(=O)Nc1ccc2c(c1)CCC2. The summed E-state index contributed by atoms with van der Waals surface area (Å²) >= 11 is 0. The Morgan fingerprint density at radius 1 is 1.19 bits per heavy atom. The second-order valence-corrected chi connectivity index (χ2v) is 6.17. The maximum atomic E-state index is 12.0. The molecule has 7 heteroatoms. The number of hydrogen-bond acceptors (Lipinski definition) is 5. The molecule has 0 radical (unpaired) electrons. The minimum absolute atomic E-state index is 0.0963. The predicted octanol–water partition coefficient (Wildman–Crippen LogP) is 2.07. The zero-order valence-corrected chi connectivity index (χ0v) is 14.4. The van der Waals surface area contributed by atoms with Gasteiger partial charge in [-0.3, -0.25) is 9.59 Å². The van der Waals surface area contributed by atoms with Gasteiger partial charge in [0, 0.05) is 5.69 Å². The predicted molar refractivity (Wildman–Crippen MR) is 93.7 cm³/mol. The number of furan rings is 1. The van der Waals surface area contributed by atoms with E-state index in [4.69, 9.17) is 9.15 Å². The van der Waals surface area contributed by atoms with E-state index in [1.807, 2.05) is 18.2 Å². The maximum Gasteiger partial charge on any atom is 0.328 e. The molecule has 2 amide bonds. The van der Waals surface area contributed by atoms with Gasteiger partial charge in [-0.15, -0.1) is 0 Å². The van der Waals surface area contributed by atoms with Crippen LogP contribution in [0.1, 0.15) is 35.0 Å². The number of fused-ring (bicyclic) bond motifs is 1. The van der Waals surface area contributed by atoms with Gasteiger partial charge in [-0.2, -0.15) is 0 Å². The van der Waals surface area contributed by atoms with Crippen LogP contribution in [0.25, 0.3) is 0 Å². The van der Waals surface area contributed by atoms with Crippen molar-refractivity contribution in [2.45, 2.75) is 32.2 Å². The van der Waals surface area contributed by atoms with Gasteiger partial charge in [0.2, 0.25) is 0 Å². The molecule has 26 heavy (non-hydrogen) atoms. The lowest BCUT2D eigenvalue weighted by Crippen LogP contribution is -2.40. The van der Waals surface area contributed by atoms with Crippen molar-refractivity contribution >= 4 is 23.5 Å². The van der Waals surface area contributed by atoms with E-state index in [0.717, 1.165) is 19.3 Å². The van der Waals surface area contributed by atoms with E-state index >= 15 is 0 Å². The van der Waals surface area contributed by atoms with E-state index < -0.39 is 30.4 Å². The molecule has 3 rings (SSSR count). The van der Waals surface area contributed by atoms with Gasteiger partial charge in [-0.1, -0.05) is 6.07 Å². The first-order valence-electron chi connectivity index (χ1n) is 8.45. The van der Waals surface area contributed by atoms with E-state index in [1.165, 1.54) is 30.4 Å². The molecule has 1 aromatic carbocycles. The average molecular weight is 356 g/mol. The number of carbonyl (C=O) groups excluding carboxylic acids is 3. The molecule has 136 valence electrons. The van der Waals surface area contributed by atoms with Crippen molar-refractivity contribution < 1.29 is 23.5 Å². The van der Waals surface area contributed by atoms with Gasteiger partial charge in [0.1, 0.15) is 6.04 Å². The van der Waals surface area contributed by atoms with Gasteiger partial charge in [-0.25, -0.2) is 4.79 Å². The van der Waals surface area contributed by atoms with Gasteiger partial charge in [0.25, 0.3) is 11.8 Å². The second kappa shape index (κ2) is 7.86. The number of carbonyl (C=O) groups is 3. The fourth-order valence-electron chi connectivity index (χ4n) is 2.84. The van der Waals surface area contributed by atoms with E-state index in [9.17, 15) is 14.4 Å². The molecule has 1 heterocycles. The van der Waals surface area contributed by atoms with E-state index in [0.29, 0.717) is 5.69 Å². The van der Waals surface area contributed by atoms with Crippen LogP contribution in [0.2, 0.25) is 0 Å². The number of aryl methyl sites for hydroxylation is 2. The van der Waals surface area contributed by atoms with E-state index in [2.05, 4.69) is 10.6 Å². The molecule has 1 aliphatic rings. The summed E-state index contributed by atoms with van der Waals surface area (Å²) in [5.41, 5.74) is 3.25. The number of benzene rings is 1. The fraction of sp³-hybridized carbons (Fsp3) is 0.316. The third kappa shape index (κ3) is 4.30. The van der Waals surface area contributed by atoms with Crippen LogP contribution in [-0.4, -0.2) is 30.4 Å². The first kappa shape index (κ1) is 17.7. The fourth-order valence-corrected chi connectivity index (χ4v) is 2.84. The Hall–Kier alpha value is -3.09. The molecule has 0 saturated carbocycles. The molecule has 1 aliphatic carbocycles. The third-order valence-corrected chi connectivity index (χ3v) is 4.17. The Morgan fingerprint density at radius 3 is 2.77 bits per heavy atom. The molecule has 2 aromatic rings. The summed E-state index contributed by atoms with van der Waals surface area (Å²) in [5.74, 6) is -1.56. The molecule has 0 bridgehead atoms. The van der Waals surface area contributed by atoms with Crippen LogP contribution >= 0.6 is 0 Å². The van der Waals surface area contributed by atoms with Crippen molar-refractivity contribution in [3.05, 3.63) is 53.5 Å². The highest BCUT2D eigenvalue weighted by Crippen LogP contribution is 2.24. The molecule has 7 nitrogen and oxygen atoms in total. The molecule has 0 saturated heterocycles. The summed E-state index contributed by atoms with van der Waals surface area (Å²) < 4.78 is 9.90. The molecule has 1 atom stereocenters. The van der Waals surface area contributed by atoms with E-state index in [-0.39, 0.29) is 5.76 Å². The average Bonchev–Trinajstić information content (AvgIpc) is 3.30. The van der Waals surface area contributed by atoms with Crippen molar-refractivity contribution in [1.29, 1.82) is 0 Å². The molecule has 0 unspecified atom stereocenters. The van der Waals surface area contributed by atoms with Crippen molar-refractivity contribution in [3.63, 3.8) is 0 Å². The van der Waals surface area contributed by atoms with Crippen molar-refractivity contribution in [1.82, 2.24) is 5.32 Å². The number of anilines is 1. The highest BCUT2D eigenvalue weighted by atomic mass is 16.5. The Kier molecular flexibility index (Phi) is 5.36. The van der Waals surface area contributed by atoms with Crippen LogP contribution in [0, 0.1) is 0 Å². The zero-order valence-electron chi connectivity index (χ0n) is 14.4. The number of esters is 1. The minimum atomic E-state index is -0.902. The lowest BCUT2D eigenvalue weighted by Gasteiger charge is -2.13. The quantitative estimate of drug-likeness (QED) is 0.772. The number of ether oxygens (including phenoxy) is 1. The topological polar surface area (TPSA) is 97.6 Å². The molecule has 0 spiro atoms. The third-order valence-electron chi connectivity index (χ3n) is 4.17. The maximum absolute atomic E-state index is 12.0. The Bertz CT molecular complexity index is 813. The monoisotopic (exact) mass is 356 g/mol. The molecular weight excluding hydrogens is 336 g/mol. The van der Waals surface area contributed by atoms with Crippen LogP contribution in [-0.2, 0) is 27.2 Å². The van der Waals surface area contributed by atoms with Crippen LogP contribution in [0.5, 0.6) is 0 Å². The lowest BCUT2D eigenvalue weighted by atomic mass is 10.1.